The van der Waals surface area contributed by atoms with Crippen molar-refractivity contribution in [3.05, 3.63) is 52.6 Å². The molecule has 1 fully saturated rings. The second-order valence-electron chi connectivity index (χ2n) is 12.1. The Hall–Kier alpha value is -3.37. The zero-order chi connectivity index (χ0) is 31.1. The Bertz CT molecular complexity index is 1340. The van der Waals surface area contributed by atoms with Gasteiger partial charge in [0.15, 0.2) is 16.7 Å². The van der Waals surface area contributed by atoms with Gasteiger partial charge in [0.05, 0.1) is 19.8 Å². The number of thiazole rings is 1. The van der Waals surface area contributed by atoms with E-state index in [9.17, 15) is 19.2 Å². The predicted molar refractivity (Wildman–Crippen MR) is 167 cm³/mol. The lowest BCUT2D eigenvalue weighted by molar-refractivity contribution is -0.134. The van der Waals surface area contributed by atoms with E-state index in [0.29, 0.717) is 18.8 Å². The number of nitrogens with zero attached hydrogens (tertiary/aromatic N) is 2. The number of ether oxygens (including phenoxy) is 2. The Morgan fingerprint density at radius 3 is 2.44 bits per heavy atom. The molecule has 10 heteroatoms. The van der Waals surface area contributed by atoms with Gasteiger partial charge in [0.1, 0.15) is 17.1 Å². The van der Waals surface area contributed by atoms with Crippen LogP contribution in [0, 0.1) is 11.8 Å². The van der Waals surface area contributed by atoms with E-state index in [2.05, 4.69) is 16.4 Å². The van der Waals surface area contributed by atoms with Gasteiger partial charge >= 0.3 is 0 Å². The van der Waals surface area contributed by atoms with Crippen molar-refractivity contribution in [3.8, 4) is 5.75 Å². The number of carbonyl (C=O) groups excluding carboxylic acids is 4. The summed E-state index contributed by atoms with van der Waals surface area (Å²) in [5.74, 6) is -1.13. The van der Waals surface area contributed by atoms with Crippen molar-refractivity contribution < 1.29 is 28.7 Å². The van der Waals surface area contributed by atoms with Gasteiger partial charge in [0.25, 0.3) is 0 Å². The van der Waals surface area contributed by atoms with Crippen LogP contribution in [0.1, 0.15) is 62.8 Å². The molecule has 2 aromatic rings. The predicted octanol–water partition coefficient (Wildman–Crippen LogP) is 4.52. The first-order valence-electron chi connectivity index (χ1n) is 14.9. The van der Waals surface area contributed by atoms with E-state index in [0.717, 1.165) is 34.8 Å². The molecule has 1 aliphatic heterocycles. The molecule has 2 heterocycles. The van der Waals surface area contributed by atoms with Crippen LogP contribution in [0.25, 0.3) is 0 Å². The molecule has 2 aliphatic rings. The van der Waals surface area contributed by atoms with Crippen LogP contribution in [0.15, 0.2) is 42.1 Å². The normalized spacial score (nSPS) is 19.6. The summed E-state index contributed by atoms with van der Waals surface area (Å²) in [5.41, 5.74) is 1.22. The van der Waals surface area contributed by atoms with Gasteiger partial charge < -0.3 is 19.7 Å². The van der Waals surface area contributed by atoms with Crippen molar-refractivity contribution in [2.45, 2.75) is 76.9 Å². The highest BCUT2D eigenvalue weighted by Crippen LogP contribution is 2.35. The first kappa shape index (κ1) is 32.5. The number of ketones is 3. The van der Waals surface area contributed by atoms with Crippen molar-refractivity contribution in [1.29, 1.82) is 0 Å². The molecule has 4 rings (SSSR count). The van der Waals surface area contributed by atoms with Crippen molar-refractivity contribution in [2.24, 2.45) is 11.8 Å². The zero-order valence-electron chi connectivity index (χ0n) is 25.8. The summed E-state index contributed by atoms with van der Waals surface area (Å²) in [6, 6.07) is 6.50. The lowest BCUT2D eigenvalue weighted by Crippen LogP contribution is -2.46. The average molecular weight is 610 g/mol. The molecular formula is C33H43N3O6S. The molecule has 9 nitrogen and oxygen atoms in total. The number of aromatic nitrogens is 1. The number of Topliss-reactive ketones (excluding diaryl/α,β-unsaturated/α-hetero) is 3. The topological polar surface area (TPSA) is 118 Å². The monoisotopic (exact) mass is 609 g/mol. The number of allylic oxidation sites excluding steroid dienone is 2. The SMILES string of the molecule is COc1ccc(C[C@H](NC(=O)[C@H](C)CC(=O)Cc2cnc(N(C)C)s2)C(=O)C[C@@H](CC2=CCCC2)C(=O)[C@@]2(C)CO2)cc1. The zero-order valence-corrected chi connectivity index (χ0v) is 26.6. The maximum absolute atomic E-state index is 13.9. The van der Waals surface area contributed by atoms with Gasteiger partial charge in [-0.15, -0.1) is 11.3 Å². The van der Waals surface area contributed by atoms with E-state index >= 15 is 0 Å². The molecule has 1 aromatic carbocycles. The van der Waals surface area contributed by atoms with Crippen LogP contribution in [-0.4, -0.2) is 67.7 Å². The maximum atomic E-state index is 13.9. The second-order valence-corrected chi connectivity index (χ2v) is 13.2. The lowest BCUT2D eigenvalue weighted by Gasteiger charge is -2.24. The van der Waals surface area contributed by atoms with Crippen molar-refractivity contribution >= 4 is 39.7 Å². The van der Waals surface area contributed by atoms with E-state index in [1.54, 1.807) is 27.2 Å². The van der Waals surface area contributed by atoms with Gasteiger partial charge in [0.2, 0.25) is 5.91 Å². The molecule has 232 valence electrons. The Kier molecular flexibility index (Phi) is 10.9. The van der Waals surface area contributed by atoms with E-state index in [1.807, 2.05) is 43.3 Å². The fourth-order valence-corrected chi connectivity index (χ4v) is 6.27. The van der Waals surface area contributed by atoms with Crippen LogP contribution in [0.3, 0.4) is 0 Å². The van der Waals surface area contributed by atoms with Gasteiger partial charge in [0, 0.05) is 56.3 Å². The molecule has 1 saturated heterocycles. The largest absolute Gasteiger partial charge is 0.497 e. The molecule has 0 saturated carbocycles. The van der Waals surface area contributed by atoms with Crippen molar-refractivity contribution in [3.63, 3.8) is 0 Å². The molecule has 0 bridgehead atoms. The van der Waals surface area contributed by atoms with E-state index in [-0.39, 0.29) is 48.9 Å². The Labute approximate surface area is 258 Å². The third-order valence-corrected chi connectivity index (χ3v) is 9.31. The number of methoxy groups -OCH3 is 1. The summed E-state index contributed by atoms with van der Waals surface area (Å²) in [6.07, 6.45) is 7.92. The van der Waals surface area contributed by atoms with Crippen molar-refractivity contribution in [2.75, 3.05) is 32.7 Å². The van der Waals surface area contributed by atoms with Crippen molar-refractivity contribution in [1.82, 2.24) is 10.3 Å². The minimum Gasteiger partial charge on any atom is -0.497 e. The quantitative estimate of drug-likeness (QED) is 0.206. The van der Waals surface area contributed by atoms with Gasteiger partial charge in [-0.3, -0.25) is 19.2 Å². The van der Waals surface area contributed by atoms with Gasteiger partial charge in [-0.25, -0.2) is 4.98 Å². The first-order valence-corrected chi connectivity index (χ1v) is 15.7. The third kappa shape index (κ3) is 9.06. The highest BCUT2D eigenvalue weighted by molar-refractivity contribution is 7.15. The summed E-state index contributed by atoms with van der Waals surface area (Å²) < 4.78 is 10.7. The van der Waals surface area contributed by atoms with Gasteiger partial charge in [-0.05, 0) is 56.7 Å². The average Bonchev–Trinajstić information content (AvgIpc) is 3.32. The fourth-order valence-electron chi connectivity index (χ4n) is 5.41. The summed E-state index contributed by atoms with van der Waals surface area (Å²) in [4.78, 5) is 60.5. The van der Waals surface area contributed by atoms with Gasteiger partial charge in [-0.1, -0.05) is 30.7 Å². The summed E-state index contributed by atoms with van der Waals surface area (Å²) >= 11 is 1.45. The molecule has 0 spiro atoms. The van der Waals surface area contributed by atoms with Crippen LogP contribution in [0.4, 0.5) is 5.13 Å². The molecule has 0 radical (unpaired) electrons. The lowest BCUT2D eigenvalue weighted by atomic mass is 9.83. The highest BCUT2D eigenvalue weighted by atomic mass is 32.1. The molecule has 0 unspecified atom stereocenters. The number of nitrogens with one attached hydrogen (secondary N) is 1. The minimum absolute atomic E-state index is 0.0170. The van der Waals surface area contributed by atoms with Crippen LogP contribution < -0.4 is 15.0 Å². The number of anilines is 1. The minimum atomic E-state index is -0.844. The molecule has 1 aliphatic carbocycles. The number of hydrogen-bond donors (Lipinski definition) is 1. The summed E-state index contributed by atoms with van der Waals surface area (Å²) in [5, 5.41) is 3.75. The van der Waals surface area contributed by atoms with Crippen LogP contribution in [-0.2, 0) is 36.8 Å². The number of rotatable bonds is 17. The number of benzene rings is 1. The summed E-state index contributed by atoms with van der Waals surface area (Å²) in [6.45, 7) is 3.84. The Morgan fingerprint density at radius 2 is 1.86 bits per heavy atom. The first-order chi connectivity index (χ1) is 20.5. The fraction of sp³-hybridized carbons (Fsp3) is 0.545. The molecule has 1 N–H and O–H groups in total. The highest BCUT2D eigenvalue weighted by Gasteiger charge is 2.50. The van der Waals surface area contributed by atoms with E-state index in [1.165, 1.54) is 16.9 Å². The molecule has 1 aromatic heterocycles. The smallest absolute Gasteiger partial charge is 0.223 e. The number of carbonyl (C=O) groups is 4. The van der Waals surface area contributed by atoms with E-state index < -0.39 is 23.5 Å². The maximum Gasteiger partial charge on any atom is 0.223 e. The molecule has 43 heavy (non-hydrogen) atoms. The molecular weight excluding hydrogens is 566 g/mol. The standard InChI is InChI=1S/C33H43N3O6S/c1-21(14-25(37)18-27-19-34-32(43-27)36(3)4)31(40)35-28(16-23-10-12-26(41-5)13-11-23)29(38)17-24(15-22-8-6-7-9-22)30(39)33(2)20-42-33/h8,10-13,19,21,24,28H,6-7,9,14-18,20H2,1-5H3,(H,35,40)/t21-,24-,28+,33-/m1/s1. The Balaban J connectivity index is 1.45. The number of epoxide rings is 1. The van der Waals surface area contributed by atoms with Crippen LogP contribution in [0.5, 0.6) is 5.75 Å². The molecule has 4 atom stereocenters. The second kappa shape index (κ2) is 14.4. The van der Waals surface area contributed by atoms with Crippen LogP contribution >= 0.6 is 11.3 Å². The number of hydrogen-bond acceptors (Lipinski definition) is 9. The molecule has 1 amide bonds. The third-order valence-electron chi connectivity index (χ3n) is 8.14. The number of amides is 1. The Morgan fingerprint density at radius 1 is 1.14 bits per heavy atom. The summed E-state index contributed by atoms with van der Waals surface area (Å²) in [7, 11) is 5.37. The van der Waals surface area contributed by atoms with Crippen LogP contribution in [0.2, 0.25) is 0 Å². The van der Waals surface area contributed by atoms with E-state index in [4.69, 9.17) is 9.47 Å². The van der Waals surface area contributed by atoms with Gasteiger partial charge in [-0.2, -0.15) is 0 Å².